The SMILES string of the molecule is CC(Cl)CC(C)NC(=O)c1cccc(F)c1Cl. The highest BCUT2D eigenvalue weighted by Gasteiger charge is 2.16. The first-order chi connectivity index (χ1) is 7.91. The predicted octanol–water partition coefficient (Wildman–Crippen LogP) is 3.61. The van der Waals surface area contributed by atoms with E-state index in [1.54, 1.807) is 0 Å². The van der Waals surface area contributed by atoms with Crippen molar-refractivity contribution in [2.75, 3.05) is 0 Å². The molecule has 1 aromatic rings. The molecule has 0 aromatic heterocycles. The van der Waals surface area contributed by atoms with E-state index in [2.05, 4.69) is 5.32 Å². The van der Waals surface area contributed by atoms with Crippen LogP contribution in [-0.2, 0) is 0 Å². The Labute approximate surface area is 110 Å². The Hall–Kier alpha value is -0.800. The number of carbonyl (C=O) groups excluding carboxylic acids is 1. The number of amides is 1. The molecule has 0 spiro atoms. The Bertz CT molecular complexity index is 409. The van der Waals surface area contributed by atoms with Gasteiger partial charge < -0.3 is 5.32 Å². The summed E-state index contributed by atoms with van der Waals surface area (Å²) in [6, 6.07) is 4.06. The molecule has 0 aliphatic heterocycles. The van der Waals surface area contributed by atoms with Crippen LogP contribution in [0.5, 0.6) is 0 Å². The van der Waals surface area contributed by atoms with Crippen LogP contribution in [0.4, 0.5) is 4.39 Å². The van der Waals surface area contributed by atoms with Crippen molar-refractivity contribution < 1.29 is 9.18 Å². The van der Waals surface area contributed by atoms with Gasteiger partial charge in [-0.05, 0) is 32.4 Å². The number of halogens is 3. The zero-order valence-electron chi connectivity index (χ0n) is 9.64. The predicted molar refractivity (Wildman–Crippen MR) is 68.3 cm³/mol. The molecule has 1 N–H and O–H groups in total. The molecule has 1 aromatic carbocycles. The lowest BCUT2D eigenvalue weighted by Gasteiger charge is -2.15. The number of rotatable bonds is 4. The molecule has 17 heavy (non-hydrogen) atoms. The van der Waals surface area contributed by atoms with Gasteiger partial charge in [-0.1, -0.05) is 17.7 Å². The molecule has 0 bridgehead atoms. The topological polar surface area (TPSA) is 29.1 Å². The van der Waals surface area contributed by atoms with E-state index in [4.69, 9.17) is 23.2 Å². The van der Waals surface area contributed by atoms with E-state index in [0.717, 1.165) is 0 Å². The smallest absolute Gasteiger partial charge is 0.253 e. The van der Waals surface area contributed by atoms with E-state index in [-0.39, 0.29) is 27.9 Å². The number of nitrogens with one attached hydrogen (secondary N) is 1. The van der Waals surface area contributed by atoms with Crippen molar-refractivity contribution >= 4 is 29.1 Å². The van der Waals surface area contributed by atoms with Crippen LogP contribution >= 0.6 is 23.2 Å². The van der Waals surface area contributed by atoms with Crippen molar-refractivity contribution in [2.45, 2.75) is 31.7 Å². The number of benzene rings is 1. The van der Waals surface area contributed by atoms with Gasteiger partial charge in [-0.2, -0.15) is 0 Å². The average molecular weight is 278 g/mol. The Morgan fingerprint density at radius 2 is 2.12 bits per heavy atom. The maximum atomic E-state index is 13.2. The van der Waals surface area contributed by atoms with E-state index in [0.29, 0.717) is 6.42 Å². The normalized spacial score (nSPS) is 14.2. The van der Waals surface area contributed by atoms with Gasteiger partial charge >= 0.3 is 0 Å². The monoisotopic (exact) mass is 277 g/mol. The largest absolute Gasteiger partial charge is 0.349 e. The maximum absolute atomic E-state index is 13.2. The molecular weight excluding hydrogens is 264 g/mol. The Morgan fingerprint density at radius 3 is 2.71 bits per heavy atom. The minimum absolute atomic E-state index is 0.0340. The summed E-state index contributed by atoms with van der Waals surface area (Å²) in [7, 11) is 0. The first kappa shape index (κ1) is 14.3. The molecule has 0 heterocycles. The van der Waals surface area contributed by atoms with Crippen LogP contribution in [0.15, 0.2) is 18.2 Å². The maximum Gasteiger partial charge on any atom is 0.253 e. The van der Waals surface area contributed by atoms with Gasteiger partial charge in [0.15, 0.2) is 0 Å². The summed E-state index contributed by atoms with van der Waals surface area (Å²) in [6.07, 6.45) is 0.639. The molecule has 0 fully saturated rings. The van der Waals surface area contributed by atoms with Crippen molar-refractivity contribution in [1.29, 1.82) is 0 Å². The molecule has 0 aliphatic rings. The second kappa shape index (κ2) is 6.22. The van der Waals surface area contributed by atoms with Crippen LogP contribution < -0.4 is 5.32 Å². The molecule has 94 valence electrons. The molecule has 2 nitrogen and oxygen atoms in total. The molecule has 1 amide bonds. The summed E-state index contributed by atoms with van der Waals surface area (Å²) in [5, 5.41) is 2.53. The van der Waals surface area contributed by atoms with E-state index in [1.165, 1.54) is 18.2 Å². The third kappa shape index (κ3) is 4.17. The fraction of sp³-hybridized carbons (Fsp3) is 0.417. The minimum Gasteiger partial charge on any atom is -0.349 e. The van der Waals surface area contributed by atoms with Crippen LogP contribution in [0.25, 0.3) is 0 Å². The van der Waals surface area contributed by atoms with Crippen LogP contribution in [0, 0.1) is 5.82 Å². The van der Waals surface area contributed by atoms with Crippen molar-refractivity contribution in [3.05, 3.63) is 34.6 Å². The van der Waals surface area contributed by atoms with Gasteiger partial charge in [-0.15, -0.1) is 11.6 Å². The molecule has 0 saturated heterocycles. The Balaban J connectivity index is 2.73. The van der Waals surface area contributed by atoms with E-state index >= 15 is 0 Å². The molecular formula is C12H14Cl2FNO. The first-order valence-electron chi connectivity index (χ1n) is 5.30. The van der Waals surface area contributed by atoms with Gasteiger partial charge in [0.1, 0.15) is 5.82 Å². The highest BCUT2D eigenvalue weighted by Crippen LogP contribution is 2.19. The fourth-order valence-corrected chi connectivity index (χ4v) is 2.01. The van der Waals surface area contributed by atoms with Crippen LogP contribution in [0.2, 0.25) is 5.02 Å². The average Bonchev–Trinajstić information content (AvgIpc) is 2.20. The van der Waals surface area contributed by atoms with Gasteiger partial charge in [0, 0.05) is 11.4 Å². The number of hydrogen-bond donors (Lipinski definition) is 1. The van der Waals surface area contributed by atoms with E-state index < -0.39 is 5.82 Å². The van der Waals surface area contributed by atoms with Gasteiger partial charge in [0.25, 0.3) is 5.91 Å². The summed E-state index contributed by atoms with van der Waals surface area (Å²) in [4.78, 5) is 11.8. The number of hydrogen-bond acceptors (Lipinski definition) is 1. The summed E-state index contributed by atoms with van der Waals surface area (Å²) in [5.41, 5.74) is 0.140. The zero-order chi connectivity index (χ0) is 13.0. The summed E-state index contributed by atoms with van der Waals surface area (Å²) in [5.74, 6) is -0.989. The van der Waals surface area contributed by atoms with Gasteiger partial charge in [0.2, 0.25) is 0 Å². The molecule has 2 atom stereocenters. The molecule has 0 radical (unpaired) electrons. The lowest BCUT2D eigenvalue weighted by atomic mass is 10.1. The van der Waals surface area contributed by atoms with Crippen molar-refractivity contribution in [3.63, 3.8) is 0 Å². The van der Waals surface area contributed by atoms with Crippen molar-refractivity contribution in [2.24, 2.45) is 0 Å². The van der Waals surface area contributed by atoms with Crippen LogP contribution in [0.1, 0.15) is 30.6 Å². The minimum atomic E-state index is -0.599. The third-order valence-corrected chi connectivity index (χ3v) is 2.81. The standard InChI is InChI=1S/C12H14Cl2FNO/c1-7(13)6-8(2)16-12(17)9-4-3-5-10(15)11(9)14/h3-5,7-8H,6H2,1-2H3,(H,16,17). The summed E-state index contributed by atoms with van der Waals surface area (Å²) in [6.45, 7) is 3.68. The van der Waals surface area contributed by atoms with E-state index in [1.807, 2.05) is 13.8 Å². The van der Waals surface area contributed by atoms with Gasteiger partial charge in [0.05, 0.1) is 10.6 Å². The summed E-state index contributed by atoms with van der Waals surface area (Å²) < 4.78 is 13.2. The number of carbonyl (C=O) groups is 1. The fourth-order valence-electron chi connectivity index (χ4n) is 1.53. The number of alkyl halides is 1. The quantitative estimate of drug-likeness (QED) is 0.837. The lowest BCUT2D eigenvalue weighted by molar-refractivity contribution is 0.0938. The van der Waals surface area contributed by atoms with Crippen molar-refractivity contribution in [3.8, 4) is 0 Å². The third-order valence-electron chi connectivity index (χ3n) is 2.25. The van der Waals surface area contributed by atoms with E-state index in [9.17, 15) is 9.18 Å². The van der Waals surface area contributed by atoms with Crippen LogP contribution in [0.3, 0.4) is 0 Å². The van der Waals surface area contributed by atoms with Gasteiger partial charge in [-0.25, -0.2) is 4.39 Å². The second-order valence-corrected chi connectivity index (χ2v) is 5.12. The van der Waals surface area contributed by atoms with Crippen molar-refractivity contribution in [1.82, 2.24) is 5.32 Å². The molecule has 1 rings (SSSR count). The zero-order valence-corrected chi connectivity index (χ0v) is 11.1. The second-order valence-electron chi connectivity index (χ2n) is 3.99. The molecule has 5 heteroatoms. The van der Waals surface area contributed by atoms with Crippen LogP contribution in [-0.4, -0.2) is 17.3 Å². The summed E-state index contributed by atoms with van der Waals surface area (Å²) >= 11 is 11.5. The first-order valence-corrected chi connectivity index (χ1v) is 6.12. The highest BCUT2D eigenvalue weighted by molar-refractivity contribution is 6.34. The molecule has 2 unspecified atom stereocenters. The highest BCUT2D eigenvalue weighted by atomic mass is 35.5. The molecule has 0 saturated carbocycles. The lowest BCUT2D eigenvalue weighted by Crippen LogP contribution is -2.34. The Kier molecular flexibility index (Phi) is 5.22. The Morgan fingerprint density at radius 1 is 1.47 bits per heavy atom. The molecule has 0 aliphatic carbocycles. The van der Waals surface area contributed by atoms with Gasteiger partial charge in [-0.3, -0.25) is 4.79 Å².